The van der Waals surface area contributed by atoms with Crippen LogP contribution in [0.25, 0.3) is 10.9 Å². The molecule has 0 bridgehead atoms. The van der Waals surface area contributed by atoms with E-state index in [4.69, 9.17) is 0 Å². The van der Waals surface area contributed by atoms with E-state index in [0.717, 1.165) is 15.8 Å². The molecule has 4 rings (SSSR count). The fourth-order valence-electron chi connectivity index (χ4n) is 3.93. The van der Waals surface area contributed by atoms with Gasteiger partial charge in [0.1, 0.15) is 0 Å². The van der Waals surface area contributed by atoms with E-state index in [-0.39, 0.29) is 25.1 Å². The topological polar surface area (TPSA) is 48.1 Å². The van der Waals surface area contributed by atoms with Gasteiger partial charge in [-0.05, 0) is 23.8 Å². The van der Waals surface area contributed by atoms with Crippen molar-refractivity contribution in [3.05, 3.63) is 71.9 Å². The lowest BCUT2D eigenvalue weighted by Crippen LogP contribution is -2.70. The molecular weight excluding hydrogens is 367 g/mol. The van der Waals surface area contributed by atoms with Crippen molar-refractivity contribution < 1.29 is 18.0 Å². The Morgan fingerprint density at radius 3 is 2.54 bits per heavy atom. The average molecular weight is 387 g/mol. The number of rotatable bonds is 3. The molecule has 28 heavy (non-hydrogen) atoms. The molecule has 7 heteroatoms. The van der Waals surface area contributed by atoms with Crippen LogP contribution in [0.15, 0.2) is 60.8 Å². The van der Waals surface area contributed by atoms with Gasteiger partial charge < -0.3 is 15.2 Å². The molecule has 0 saturated carbocycles. The molecule has 1 aromatic heterocycles. The molecule has 3 aromatic rings. The predicted molar refractivity (Wildman–Crippen MR) is 101 cm³/mol. The lowest BCUT2D eigenvalue weighted by atomic mass is 9.85. The summed E-state index contributed by atoms with van der Waals surface area (Å²) in [7, 11) is 0. The number of para-hydroxylation sites is 1. The number of aromatic nitrogens is 1. The number of alkyl halides is 3. The molecule has 4 nitrogen and oxygen atoms in total. The van der Waals surface area contributed by atoms with Crippen LogP contribution in [0, 0.1) is 0 Å². The van der Waals surface area contributed by atoms with Gasteiger partial charge in [0.15, 0.2) is 5.54 Å². The molecular formula is C21H20F3N3O. The SMILES string of the molecule is O=C(c1ccccc1)N1CCNCC1(Cc1c[nH]c2ccccc12)C(F)(F)F. The Balaban J connectivity index is 1.79. The van der Waals surface area contributed by atoms with Crippen molar-refractivity contribution in [1.29, 1.82) is 0 Å². The summed E-state index contributed by atoms with van der Waals surface area (Å²) >= 11 is 0. The van der Waals surface area contributed by atoms with Gasteiger partial charge in [-0.3, -0.25) is 4.79 Å². The number of nitrogens with zero attached hydrogens (tertiary/aromatic N) is 1. The summed E-state index contributed by atoms with van der Waals surface area (Å²) in [5.41, 5.74) is -0.734. The number of piperazine rings is 1. The number of fused-ring (bicyclic) bond motifs is 1. The van der Waals surface area contributed by atoms with Crippen molar-refractivity contribution >= 4 is 16.8 Å². The number of carbonyl (C=O) groups is 1. The van der Waals surface area contributed by atoms with Crippen molar-refractivity contribution in [3.63, 3.8) is 0 Å². The Labute approximate surface area is 160 Å². The third-order valence-electron chi connectivity index (χ3n) is 5.40. The van der Waals surface area contributed by atoms with E-state index >= 15 is 0 Å². The standard InChI is InChI=1S/C21H20F3N3O/c22-21(23,24)20(12-16-13-26-18-9-5-4-8-17(16)18)14-25-10-11-27(20)19(28)15-6-2-1-3-7-15/h1-9,13,25-26H,10-12,14H2. The smallest absolute Gasteiger partial charge is 0.361 e. The zero-order valence-electron chi connectivity index (χ0n) is 15.1. The van der Waals surface area contributed by atoms with Gasteiger partial charge in [0, 0.05) is 48.7 Å². The van der Waals surface area contributed by atoms with E-state index in [1.165, 1.54) is 0 Å². The summed E-state index contributed by atoms with van der Waals surface area (Å²) < 4.78 is 43.4. The van der Waals surface area contributed by atoms with E-state index in [1.807, 2.05) is 12.1 Å². The molecule has 1 aliphatic rings. The van der Waals surface area contributed by atoms with Gasteiger partial charge in [0.25, 0.3) is 5.91 Å². The molecule has 2 heterocycles. The van der Waals surface area contributed by atoms with E-state index in [9.17, 15) is 18.0 Å². The third-order valence-corrected chi connectivity index (χ3v) is 5.40. The van der Waals surface area contributed by atoms with Gasteiger partial charge in [-0.15, -0.1) is 0 Å². The number of hydrogen-bond acceptors (Lipinski definition) is 2. The van der Waals surface area contributed by atoms with Crippen molar-refractivity contribution in [2.24, 2.45) is 0 Å². The highest BCUT2D eigenvalue weighted by Gasteiger charge is 2.60. The number of aromatic amines is 1. The Morgan fingerprint density at radius 1 is 1.07 bits per heavy atom. The highest BCUT2D eigenvalue weighted by molar-refractivity contribution is 5.95. The molecule has 0 radical (unpaired) electrons. The summed E-state index contributed by atoms with van der Waals surface area (Å²) in [5.74, 6) is -0.598. The van der Waals surface area contributed by atoms with Gasteiger partial charge in [0.05, 0.1) is 0 Å². The molecule has 1 fully saturated rings. The minimum Gasteiger partial charge on any atom is -0.361 e. The zero-order valence-corrected chi connectivity index (χ0v) is 15.1. The molecule has 1 unspecified atom stereocenters. The van der Waals surface area contributed by atoms with Crippen LogP contribution in [-0.4, -0.2) is 47.1 Å². The monoisotopic (exact) mass is 387 g/mol. The maximum absolute atomic E-state index is 14.5. The first-order valence-corrected chi connectivity index (χ1v) is 9.12. The molecule has 1 aliphatic heterocycles. The van der Waals surface area contributed by atoms with Crippen LogP contribution in [0.5, 0.6) is 0 Å². The van der Waals surface area contributed by atoms with E-state index < -0.39 is 17.6 Å². The number of halogens is 3. The maximum Gasteiger partial charge on any atom is 0.413 e. The molecule has 1 amide bonds. The average Bonchev–Trinajstić information content (AvgIpc) is 3.10. The quantitative estimate of drug-likeness (QED) is 0.719. The second kappa shape index (κ2) is 6.98. The third kappa shape index (κ3) is 3.05. The predicted octanol–water partition coefficient (Wildman–Crippen LogP) is 3.76. The molecule has 2 N–H and O–H groups in total. The van der Waals surface area contributed by atoms with Gasteiger partial charge in [-0.2, -0.15) is 13.2 Å². The lowest BCUT2D eigenvalue weighted by molar-refractivity contribution is -0.226. The Kier molecular flexibility index (Phi) is 4.63. The number of nitrogens with one attached hydrogen (secondary N) is 2. The summed E-state index contributed by atoms with van der Waals surface area (Å²) in [5, 5.41) is 3.59. The van der Waals surface area contributed by atoms with Crippen molar-refractivity contribution in [2.75, 3.05) is 19.6 Å². The highest BCUT2D eigenvalue weighted by Crippen LogP contribution is 2.41. The minimum atomic E-state index is -4.59. The van der Waals surface area contributed by atoms with Crippen LogP contribution < -0.4 is 5.32 Å². The number of carbonyl (C=O) groups excluding carboxylic acids is 1. The van der Waals surface area contributed by atoms with Crippen LogP contribution in [0.3, 0.4) is 0 Å². The first-order chi connectivity index (χ1) is 13.4. The fourth-order valence-corrected chi connectivity index (χ4v) is 3.93. The van der Waals surface area contributed by atoms with Crippen molar-refractivity contribution in [3.8, 4) is 0 Å². The highest BCUT2D eigenvalue weighted by atomic mass is 19.4. The molecule has 2 aromatic carbocycles. The molecule has 1 atom stereocenters. The van der Waals surface area contributed by atoms with Gasteiger partial charge in [0.2, 0.25) is 0 Å². The van der Waals surface area contributed by atoms with Gasteiger partial charge >= 0.3 is 6.18 Å². The summed E-state index contributed by atoms with van der Waals surface area (Å²) in [6, 6.07) is 15.4. The van der Waals surface area contributed by atoms with Crippen molar-refractivity contribution in [1.82, 2.24) is 15.2 Å². The summed E-state index contributed by atoms with van der Waals surface area (Å²) in [6.07, 6.45) is -3.30. The molecule has 146 valence electrons. The van der Waals surface area contributed by atoms with Crippen LogP contribution in [0.4, 0.5) is 13.2 Å². The largest absolute Gasteiger partial charge is 0.413 e. The molecule has 0 aliphatic carbocycles. The number of hydrogen-bond donors (Lipinski definition) is 2. The Bertz CT molecular complexity index is 983. The second-order valence-electron chi connectivity index (χ2n) is 7.07. The van der Waals surface area contributed by atoms with Crippen molar-refractivity contribution in [2.45, 2.75) is 18.1 Å². The van der Waals surface area contributed by atoms with Crippen LogP contribution >= 0.6 is 0 Å². The molecule has 1 saturated heterocycles. The Morgan fingerprint density at radius 2 is 1.79 bits per heavy atom. The van der Waals surface area contributed by atoms with E-state index in [1.54, 1.807) is 48.7 Å². The van der Waals surface area contributed by atoms with Crippen LogP contribution in [-0.2, 0) is 6.42 Å². The number of H-pyrrole nitrogens is 1. The van der Waals surface area contributed by atoms with E-state index in [2.05, 4.69) is 10.3 Å². The van der Waals surface area contributed by atoms with Gasteiger partial charge in [-0.1, -0.05) is 36.4 Å². The zero-order chi connectivity index (χ0) is 19.8. The first kappa shape index (κ1) is 18.6. The molecule has 0 spiro atoms. The summed E-state index contributed by atoms with van der Waals surface area (Å²) in [6.45, 7) is -0.0194. The maximum atomic E-state index is 14.5. The van der Waals surface area contributed by atoms with Crippen LogP contribution in [0.2, 0.25) is 0 Å². The minimum absolute atomic E-state index is 0.00437. The number of amides is 1. The Hall–Kier alpha value is -2.80. The second-order valence-corrected chi connectivity index (χ2v) is 7.07. The first-order valence-electron chi connectivity index (χ1n) is 9.12. The lowest BCUT2D eigenvalue weighted by Gasteiger charge is -2.48. The normalized spacial score (nSPS) is 20.5. The number of benzene rings is 2. The van der Waals surface area contributed by atoms with E-state index in [0.29, 0.717) is 12.1 Å². The fraction of sp³-hybridized carbons (Fsp3) is 0.286. The summed E-state index contributed by atoms with van der Waals surface area (Å²) in [4.78, 5) is 17.1. The van der Waals surface area contributed by atoms with Crippen LogP contribution in [0.1, 0.15) is 15.9 Å². The van der Waals surface area contributed by atoms with Gasteiger partial charge in [-0.25, -0.2) is 0 Å².